The summed E-state index contributed by atoms with van der Waals surface area (Å²) in [5.74, 6) is 1.57. The van der Waals surface area contributed by atoms with Crippen molar-refractivity contribution >= 4 is 5.82 Å². The van der Waals surface area contributed by atoms with Gasteiger partial charge < -0.3 is 15.4 Å². The summed E-state index contributed by atoms with van der Waals surface area (Å²) in [6.07, 6.45) is 0. The van der Waals surface area contributed by atoms with E-state index in [9.17, 15) is 0 Å². The van der Waals surface area contributed by atoms with E-state index in [4.69, 9.17) is 4.74 Å². The fourth-order valence-electron chi connectivity index (χ4n) is 1.45. The molecule has 0 aliphatic rings. The topological polar surface area (TPSA) is 46.2 Å². The third kappa shape index (κ3) is 6.24. The number of hydrogen-bond donors (Lipinski definition) is 2. The van der Waals surface area contributed by atoms with Gasteiger partial charge in [0, 0.05) is 20.2 Å². The third-order valence-corrected chi connectivity index (χ3v) is 2.28. The standard InChI is InChI=1S/C13H23N3O/c1-11(2)9-14-10-12-5-4-6-13(16-12)15-7-8-17-3/h4-6,11,14H,7-10H2,1-3H3,(H,15,16). The van der Waals surface area contributed by atoms with E-state index in [2.05, 4.69) is 29.5 Å². The zero-order valence-corrected chi connectivity index (χ0v) is 11.0. The zero-order chi connectivity index (χ0) is 12.5. The largest absolute Gasteiger partial charge is 0.383 e. The minimum absolute atomic E-state index is 0.665. The molecule has 2 N–H and O–H groups in total. The molecule has 0 aliphatic heterocycles. The number of anilines is 1. The highest BCUT2D eigenvalue weighted by Gasteiger charge is 1.98. The molecule has 0 fully saturated rings. The van der Waals surface area contributed by atoms with Gasteiger partial charge in [0.25, 0.3) is 0 Å². The molecule has 96 valence electrons. The van der Waals surface area contributed by atoms with Gasteiger partial charge in [0.1, 0.15) is 5.82 Å². The maximum atomic E-state index is 4.98. The van der Waals surface area contributed by atoms with E-state index in [1.165, 1.54) is 0 Å². The van der Waals surface area contributed by atoms with E-state index < -0.39 is 0 Å². The van der Waals surface area contributed by atoms with Crippen molar-refractivity contribution in [3.8, 4) is 0 Å². The Kier molecular flexibility index (Phi) is 6.58. The molecule has 0 amide bonds. The smallest absolute Gasteiger partial charge is 0.126 e. The molecular weight excluding hydrogens is 214 g/mol. The summed E-state index contributed by atoms with van der Waals surface area (Å²) in [7, 11) is 1.70. The number of hydrogen-bond acceptors (Lipinski definition) is 4. The molecule has 4 nitrogen and oxygen atoms in total. The zero-order valence-electron chi connectivity index (χ0n) is 11.0. The van der Waals surface area contributed by atoms with Crippen LogP contribution in [0.1, 0.15) is 19.5 Å². The van der Waals surface area contributed by atoms with Crippen molar-refractivity contribution in [2.75, 3.05) is 32.1 Å². The first kappa shape index (κ1) is 13.9. The molecule has 1 rings (SSSR count). The van der Waals surface area contributed by atoms with Crippen LogP contribution in [0, 0.1) is 5.92 Å². The van der Waals surface area contributed by atoms with Gasteiger partial charge in [-0.2, -0.15) is 0 Å². The van der Waals surface area contributed by atoms with Crippen molar-refractivity contribution in [2.45, 2.75) is 20.4 Å². The minimum Gasteiger partial charge on any atom is -0.383 e. The van der Waals surface area contributed by atoms with Crippen LogP contribution in [0.5, 0.6) is 0 Å². The van der Waals surface area contributed by atoms with Gasteiger partial charge in [-0.15, -0.1) is 0 Å². The molecule has 0 bridgehead atoms. The second kappa shape index (κ2) is 8.03. The molecule has 0 atom stereocenters. The molecule has 1 aromatic heterocycles. The minimum atomic E-state index is 0.665. The van der Waals surface area contributed by atoms with E-state index in [-0.39, 0.29) is 0 Å². The number of methoxy groups -OCH3 is 1. The summed E-state index contributed by atoms with van der Waals surface area (Å²) in [4.78, 5) is 4.51. The lowest BCUT2D eigenvalue weighted by atomic mass is 10.2. The molecule has 1 aromatic rings. The van der Waals surface area contributed by atoms with E-state index in [1.54, 1.807) is 7.11 Å². The second-order valence-electron chi connectivity index (χ2n) is 4.46. The monoisotopic (exact) mass is 237 g/mol. The Morgan fingerprint density at radius 3 is 2.88 bits per heavy atom. The Labute approximate surface area is 104 Å². The lowest BCUT2D eigenvalue weighted by Crippen LogP contribution is -2.20. The molecule has 0 saturated heterocycles. The van der Waals surface area contributed by atoms with Crippen LogP contribution in [-0.4, -0.2) is 31.8 Å². The summed E-state index contributed by atoms with van der Waals surface area (Å²) >= 11 is 0. The maximum absolute atomic E-state index is 4.98. The van der Waals surface area contributed by atoms with Crippen molar-refractivity contribution in [1.29, 1.82) is 0 Å². The number of pyridine rings is 1. The first-order valence-corrected chi connectivity index (χ1v) is 6.12. The van der Waals surface area contributed by atoms with Gasteiger partial charge in [0.15, 0.2) is 0 Å². The first-order valence-electron chi connectivity index (χ1n) is 6.12. The quantitative estimate of drug-likeness (QED) is 0.678. The lowest BCUT2D eigenvalue weighted by molar-refractivity contribution is 0.210. The highest BCUT2D eigenvalue weighted by atomic mass is 16.5. The Morgan fingerprint density at radius 2 is 2.18 bits per heavy atom. The average molecular weight is 237 g/mol. The Morgan fingerprint density at radius 1 is 1.35 bits per heavy atom. The molecule has 0 unspecified atom stereocenters. The van der Waals surface area contributed by atoms with Gasteiger partial charge in [-0.25, -0.2) is 4.98 Å². The van der Waals surface area contributed by atoms with Gasteiger partial charge in [0.2, 0.25) is 0 Å². The summed E-state index contributed by atoms with van der Waals surface area (Å²) in [5, 5.41) is 6.60. The van der Waals surface area contributed by atoms with Crippen molar-refractivity contribution < 1.29 is 4.74 Å². The molecule has 0 spiro atoms. The van der Waals surface area contributed by atoms with E-state index in [0.29, 0.717) is 12.5 Å². The van der Waals surface area contributed by atoms with Crippen LogP contribution < -0.4 is 10.6 Å². The molecule has 17 heavy (non-hydrogen) atoms. The normalized spacial score (nSPS) is 10.8. The van der Waals surface area contributed by atoms with Crippen molar-refractivity contribution in [3.63, 3.8) is 0 Å². The molecule has 0 radical (unpaired) electrons. The second-order valence-corrected chi connectivity index (χ2v) is 4.46. The molecule has 0 aliphatic carbocycles. The van der Waals surface area contributed by atoms with Gasteiger partial charge in [-0.3, -0.25) is 0 Å². The summed E-state index contributed by atoms with van der Waals surface area (Å²) in [6.45, 7) is 7.71. The fraction of sp³-hybridized carbons (Fsp3) is 0.615. The highest BCUT2D eigenvalue weighted by molar-refractivity contribution is 5.35. The van der Waals surface area contributed by atoms with Gasteiger partial charge >= 0.3 is 0 Å². The van der Waals surface area contributed by atoms with Crippen LogP contribution in [0.15, 0.2) is 18.2 Å². The van der Waals surface area contributed by atoms with E-state index in [1.807, 2.05) is 18.2 Å². The fourth-order valence-corrected chi connectivity index (χ4v) is 1.45. The Bertz CT molecular complexity index is 315. The first-order chi connectivity index (χ1) is 8.22. The molecule has 4 heteroatoms. The number of nitrogens with zero attached hydrogens (tertiary/aromatic N) is 1. The van der Waals surface area contributed by atoms with Crippen LogP contribution in [0.2, 0.25) is 0 Å². The predicted octanol–water partition coefficient (Wildman–Crippen LogP) is 1.89. The number of nitrogens with one attached hydrogen (secondary N) is 2. The molecule has 0 saturated carbocycles. The molecule has 1 heterocycles. The van der Waals surface area contributed by atoms with Crippen molar-refractivity contribution in [3.05, 3.63) is 23.9 Å². The summed E-state index contributed by atoms with van der Waals surface area (Å²) in [6, 6.07) is 6.03. The SMILES string of the molecule is COCCNc1cccc(CNCC(C)C)n1. The molecular formula is C13H23N3O. The van der Waals surface area contributed by atoms with Crippen LogP contribution >= 0.6 is 0 Å². The number of rotatable bonds is 8. The van der Waals surface area contributed by atoms with Gasteiger partial charge in [0.05, 0.1) is 12.3 Å². The summed E-state index contributed by atoms with van der Waals surface area (Å²) in [5.41, 5.74) is 1.06. The Hall–Kier alpha value is -1.13. The lowest BCUT2D eigenvalue weighted by Gasteiger charge is -2.09. The van der Waals surface area contributed by atoms with Crippen molar-refractivity contribution in [1.82, 2.24) is 10.3 Å². The van der Waals surface area contributed by atoms with E-state index >= 15 is 0 Å². The average Bonchev–Trinajstić information content (AvgIpc) is 2.29. The number of ether oxygens (including phenoxy) is 1. The van der Waals surface area contributed by atoms with Gasteiger partial charge in [-0.1, -0.05) is 19.9 Å². The maximum Gasteiger partial charge on any atom is 0.126 e. The Balaban J connectivity index is 2.37. The van der Waals surface area contributed by atoms with Crippen LogP contribution in [0.3, 0.4) is 0 Å². The molecule has 0 aromatic carbocycles. The number of aromatic nitrogens is 1. The van der Waals surface area contributed by atoms with Crippen LogP contribution in [0.25, 0.3) is 0 Å². The van der Waals surface area contributed by atoms with Crippen LogP contribution in [-0.2, 0) is 11.3 Å². The van der Waals surface area contributed by atoms with E-state index in [0.717, 1.165) is 31.1 Å². The summed E-state index contributed by atoms with van der Waals surface area (Å²) < 4.78 is 4.98. The van der Waals surface area contributed by atoms with Crippen molar-refractivity contribution in [2.24, 2.45) is 5.92 Å². The highest BCUT2D eigenvalue weighted by Crippen LogP contribution is 2.04. The van der Waals surface area contributed by atoms with Crippen LogP contribution in [0.4, 0.5) is 5.82 Å². The third-order valence-electron chi connectivity index (χ3n) is 2.28. The van der Waals surface area contributed by atoms with Gasteiger partial charge in [-0.05, 0) is 24.6 Å². The predicted molar refractivity (Wildman–Crippen MR) is 71.1 cm³/mol.